The van der Waals surface area contributed by atoms with E-state index in [1.54, 1.807) is 5.71 Å². The molecule has 0 aromatic heterocycles. The van der Waals surface area contributed by atoms with Crippen molar-refractivity contribution in [3.05, 3.63) is 11.8 Å². The maximum absolute atomic E-state index is 3.33. The van der Waals surface area contributed by atoms with Gasteiger partial charge in [0.15, 0.2) is 5.71 Å². The molecule has 1 N–H and O–H groups in total. The zero-order chi connectivity index (χ0) is 10.9. The molecular formula is C13H23IN2. The Morgan fingerprint density at radius 3 is 2.38 bits per heavy atom. The molecule has 0 saturated carbocycles. The van der Waals surface area contributed by atoms with Crippen molar-refractivity contribution in [1.29, 1.82) is 0 Å². The molecule has 0 unspecified atom stereocenters. The van der Waals surface area contributed by atoms with E-state index in [9.17, 15) is 0 Å². The summed E-state index contributed by atoms with van der Waals surface area (Å²) in [6, 6.07) is 0. The Hall–Kier alpha value is -0.0600. The molecule has 92 valence electrons. The average molecular weight is 334 g/mol. The molecule has 0 spiro atoms. The van der Waals surface area contributed by atoms with Crippen LogP contribution in [0.25, 0.3) is 0 Å². The van der Waals surface area contributed by atoms with Gasteiger partial charge in [-0.15, -0.1) is 0 Å². The van der Waals surface area contributed by atoms with Crippen molar-refractivity contribution in [2.45, 2.75) is 39.5 Å². The van der Waals surface area contributed by atoms with Crippen LogP contribution in [0.3, 0.4) is 0 Å². The third kappa shape index (κ3) is 3.22. The van der Waals surface area contributed by atoms with Gasteiger partial charge < -0.3 is 29.3 Å². The summed E-state index contributed by atoms with van der Waals surface area (Å²) in [4.78, 5) is 0. The number of hydrogen-bond donors (Lipinski definition) is 1. The molecule has 1 aliphatic carbocycles. The van der Waals surface area contributed by atoms with Gasteiger partial charge in [-0.2, -0.15) is 0 Å². The molecule has 1 heterocycles. The normalized spacial score (nSPS) is 23.8. The maximum Gasteiger partial charge on any atom is 0.178 e. The highest BCUT2D eigenvalue weighted by molar-refractivity contribution is 5.92. The van der Waals surface area contributed by atoms with Crippen molar-refractivity contribution in [3.8, 4) is 0 Å². The lowest BCUT2D eigenvalue weighted by Gasteiger charge is -2.29. The fraction of sp³-hybridized carbons (Fsp3) is 0.769. The number of rotatable bonds is 1. The van der Waals surface area contributed by atoms with Gasteiger partial charge in [-0.25, -0.2) is 4.58 Å². The summed E-state index contributed by atoms with van der Waals surface area (Å²) in [5.74, 6) is 0. The van der Waals surface area contributed by atoms with Crippen LogP contribution in [0, 0.1) is 5.41 Å². The van der Waals surface area contributed by atoms with E-state index in [1.165, 1.54) is 44.5 Å². The molecule has 1 aliphatic heterocycles. The van der Waals surface area contributed by atoms with Gasteiger partial charge in [0.2, 0.25) is 0 Å². The highest BCUT2D eigenvalue weighted by atomic mass is 127. The summed E-state index contributed by atoms with van der Waals surface area (Å²) in [6.45, 7) is 7.26. The number of halogens is 1. The molecule has 16 heavy (non-hydrogen) atoms. The van der Waals surface area contributed by atoms with Gasteiger partial charge in [-0.05, 0) is 11.8 Å². The second-order valence-electron chi connectivity index (χ2n) is 5.62. The summed E-state index contributed by atoms with van der Waals surface area (Å²) >= 11 is 0. The molecule has 0 atom stereocenters. The Bertz CT molecular complexity index is 308. The minimum absolute atomic E-state index is 0. The Morgan fingerprint density at radius 1 is 1.19 bits per heavy atom. The highest BCUT2D eigenvalue weighted by Gasteiger charge is 2.31. The van der Waals surface area contributed by atoms with E-state index in [4.69, 9.17) is 0 Å². The van der Waals surface area contributed by atoms with Crippen LogP contribution in [0.2, 0.25) is 0 Å². The van der Waals surface area contributed by atoms with Crippen LogP contribution in [0.15, 0.2) is 11.8 Å². The highest BCUT2D eigenvalue weighted by Crippen LogP contribution is 2.33. The van der Waals surface area contributed by atoms with Crippen molar-refractivity contribution >= 4 is 5.71 Å². The van der Waals surface area contributed by atoms with Gasteiger partial charge in [-0.3, -0.25) is 0 Å². The van der Waals surface area contributed by atoms with Gasteiger partial charge in [0, 0.05) is 38.1 Å². The average Bonchev–Trinajstić information content (AvgIpc) is 2.68. The molecule has 2 nitrogen and oxygen atoms in total. The summed E-state index contributed by atoms with van der Waals surface area (Å²) < 4.78 is 2.57. The van der Waals surface area contributed by atoms with E-state index >= 15 is 0 Å². The predicted molar refractivity (Wildman–Crippen MR) is 64.4 cm³/mol. The third-order valence-electron chi connectivity index (χ3n) is 3.50. The monoisotopic (exact) mass is 334 g/mol. The predicted octanol–water partition coefficient (Wildman–Crippen LogP) is -0.839. The lowest BCUT2D eigenvalue weighted by atomic mass is 9.78. The lowest BCUT2D eigenvalue weighted by molar-refractivity contribution is -0.507. The molecular weight excluding hydrogens is 311 g/mol. The largest absolute Gasteiger partial charge is 1.00 e. The molecule has 0 aromatic carbocycles. The molecule has 0 amide bonds. The summed E-state index contributed by atoms with van der Waals surface area (Å²) in [7, 11) is 2.04. The number of allylic oxidation sites excluding steroid dienone is 2. The third-order valence-corrected chi connectivity index (χ3v) is 3.50. The minimum Gasteiger partial charge on any atom is -1.00 e. The number of nitrogens with one attached hydrogen (secondary N) is 1. The van der Waals surface area contributed by atoms with Crippen molar-refractivity contribution in [3.63, 3.8) is 0 Å². The van der Waals surface area contributed by atoms with Crippen LogP contribution in [0.5, 0.6) is 0 Å². The van der Waals surface area contributed by atoms with Crippen molar-refractivity contribution in [2.24, 2.45) is 5.41 Å². The number of nitrogens with zero attached hydrogens (tertiary/aromatic N) is 1. The second kappa shape index (κ2) is 5.52. The maximum atomic E-state index is 3.33. The van der Waals surface area contributed by atoms with Gasteiger partial charge in [0.05, 0.1) is 0 Å². The zero-order valence-electron chi connectivity index (χ0n) is 10.6. The molecule has 1 fully saturated rings. The fourth-order valence-corrected chi connectivity index (χ4v) is 2.74. The molecule has 2 aliphatic rings. The Balaban J connectivity index is 0.00000128. The molecule has 3 heteroatoms. The SMILES string of the molecule is CNC1=CC(=[N+]2CCCC2)CC(C)(C)C1.[I-]. The fourth-order valence-electron chi connectivity index (χ4n) is 2.74. The Labute approximate surface area is 116 Å². The smallest absolute Gasteiger partial charge is 0.178 e. The summed E-state index contributed by atoms with van der Waals surface area (Å²) in [6.07, 6.45) is 7.52. The van der Waals surface area contributed by atoms with Crippen molar-refractivity contribution in [2.75, 3.05) is 20.1 Å². The summed E-state index contributed by atoms with van der Waals surface area (Å²) in [5, 5.41) is 3.33. The minimum atomic E-state index is 0. The first-order valence-corrected chi connectivity index (χ1v) is 6.10. The first-order valence-electron chi connectivity index (χ1n) is 6.10. The van der Waals surface area contributed by atoms with Crippen molar-refractivity contribution < 1.29 is 28.6 Å². The van der Waals surface area contributed by atoms with Gasteiger partial charge in [0.25, 0.3) is 0 Å². The van der Waals surface area contributed by atoms with Crippen LogP contribution in [0.4, 0.5) is 0 Å². The second-order valence-corrected chi connectivity index (χ2v) is 5.62. The number of hydrogen-bond acceptors (Lipinski definition) is 1. The quantitative estimate of drug-likeness (QED) is 0.488. The van der Waals surface area contributed by atoms with Gasteiger partial charge >= 0.3 is 0 Å². The molecule has 1 saturated heterocycles. The molecule has 0 aromatic rings. The van der Waals surface area contributed by atoms with E-state index in [2.05, 4.69) is 29.8 Å². The van der Waals surface area contributed by atoms with E-state index < -0.39 is 0 Å². The van der Waals surface area contributed by atoms with Crippen LogP contribution in [0.1, 0.15) is 39.5 Å². The van der Waals surface area contributed by atoms with Crippen LogP contribution in [-0.2, 0) is 0 Å². The summed E-state index contributed by atoms with van der Waals surface area (Å²) in [5.41, 5.74) is 3.37. The Kier molecular flexibility index (Phi) is 4.83. The molecule has 0 radical (unpaired) electrons. The van der Waals surface area contributed by atoms with Crippen molar-refractivity contribution in [1.82, 2.24) is 5.32 Å². The van der Waals surface area contributed by atoms with Crippen LogP contribution >= 0.6 is 0 Å². The van der Waals surface area contributed by atoms with Crippen LogP contribution in [-0.4, -0.2) is 30.4 Å². The Morgan fingerprint density at radius 2 is 1.81 bits per heavy atom. The lowest BCUT2D eigenvalue weighted by Crippen LogP contribution is -3.00. The standard InChI is InChI=1S/C13H22N2.HI/c1-13(2)9-11(14-3)8-12(10-13)15-6-4-5-7-15;/h8H,4-7,9-10H2,1-3H3;1H. The topological polar surface area (TPSA) is 15.0 Å². The molecule has 0 bridgehead atoms. The van der Waals surface area contributed by atoms with E-state index in [0.717, 1.165) is 0 Å². The first kappa shape index (κ1) is 14.0. The van der Waals surface area contributed by atoms with E-state index in [0.29, 0.717) is 5.41 Å². The van der Waals surface area contributed by atoms with E-state index in [-0.39, 0.29) is 24.0 Å². The van der Waals surface area contributed by atoms with Gasteiger partial charge in [-0.1, -0.05) is 13.8 Å². The van der Waals surface area contributed by atoms with E-state index in [1.807, 2.05) is 7.05 Å². The zero-order valence-corrected chi connectivity index (χ0v) is 12.8. The molecule has 2 rings (SSSR count). The van der Waals surface area contributed by atoms with Gasteiger partial charge in [0.1, 0.15) is 13.1 Å². The first-order chi connectivity index (χ1) is 7.11. The van der Waals surface area contributed by atoms with Crippen LogP contribution < -0.4 is 29.3 Å².